The van der Waals surface area contributed by atoms with Crippen molar-refractivity contribution < 1.29 is 23.9 Å². The molecule has 1 saturated carbocycles. The third-order valence-electron chi connectivity index (χ3n) is 6.07. The smallest absolute Gasteiger partial charge is 0.338 e. The molecule has 7 nitrogen and oxygen atoms in total. The average molecular weight is 568 g/mol. The summed E-state index contributed by atoms with van der Waals surface area (Å²) in [5.74, 6) is -2.75. The number of hydrogen-bond donors (Lipinski definition) is 1. The fraction of sp³-hybridized carbons (Fsp3) is 0.333. The van der Waals surface area contributed by atoms with Gasteiger partial charge in [0.1, 0.15) is 0 Å². The SMILES string of the molecule is Cc1cc(Br)ccc1NC(=O)COC(=O)c1ccc(N2C(=O)[C@H]3C[C@@H](Cl)[C@@H](Cl)C[C@H]3C2=O)cc1. The lowest BCUT2D eigenvalue weighted by molar-refractivity contribution is -0.122. The maximum atomic E-state index is 12.9. The highest BCUT2D eigenvalue weighted by Gasteiger charge is 2.52. The highest BCUT2D eigenvalue weighted by atomic mass is 79.9. The summed E-state index contributed by atoms with van der Waals surface area (Å²) in [4.78, 5) is 51.4. The van der Waals surface area contributed by atoms with E-state index in [1.807, 2.05) is 13.0 Å². The lowest BCUT2D eigenvalue weighted by Gasteiger charge is -2.28. The van der Waals surface area contributed by atoms with Crippen LogP contribution in [-0.4, -0.2) is 41.1 Å². The average Bonchev–Trinajstić information content (AvgIpc) is 3.04. The van der Waals surface area contributed by atoms with Gasteiger partial charge in [0, 0.05) is 10.2 Å². The number of rotatable bonds is 5. The topological polar surface area (TPSA) is 92.8 Å². The molecule has 1 saturated heterocycles. The minimum Gasteiger partial charge on any atom is -0.452 e. The number of esters is 1. The molecule has 1 N–H and O–H groups in total. The lowest BCUT2D eigenvalue weighted by Crippen LogP contribution is -2.34. The maximum Gasteiger partial charge on any atom is 0.338 e. The molecular formula is C24H21BrCl2N2O5. The van der Waals surface area contributed by atoms with Crippen molar-refractivity contribution in [3.05, 3.63) is 58.1 Å². The zero-order valence-electron chi connectivity index (χ0n) is 18.1. The first-order valence-corrected chi connectivity index (χ1v) is 12.3. The van der Waals surface area contributed by atoms with Crippen LogP contribution in [0.2, 0.25) is 0 Å². The van der Waals surface area contributed by atoms with Crippen LogP contribution in [0.15, 0.2) is 46.9 Å². The molecule has 0 spiro atoms. The zero-order valence-corrected chi connectivity index (χ0v) is 21.2. The predicted octanol–water partition coefficient (Wildman–Crippen LogP) is 4.67. The minimum atomic E-state index is -0.697. The summed E-state index contributed by atoms with van der Waals surface area (Å²) in [7, 11) is 0. The first kappa shape index (κ1) is 24.7. The number of anilines is 2. The molecule has 2 aliphatic rings. The quantitative estimate of drug-likeness (QED) is 0.322. The van der Waals surface area contributed by atoms with Crippen molar-refractivity contribution in [1.29, 1.82) is 0 Å². The van der Waals surface area contributed by atoms with Gasteiger partial charge in [-0.1, -0.05) is 15.9 Å². The molecule has 0 unspecified atom stereocenters. The van der Waals surface area contributed by atoms with E-state index in [0.29, 0.717) is 24.2 Å². The van der Waals surface area contributed by atoms with Crippen LogP contribution < -0.4 is 10.2 Å². The highest BCUT2D eigenvalue weighted by Crippen LogP contribution is 2.43. The monoisotopic (exact) mass is 566 g/mol. The second kappa shape index (κ2) is 10.1. The van der Waals surface area contributed by atoms with Crippen LogP contribution in [0.3, 0.4) is 0 Å². The Morgan fingerprint density at radius 2 is 1.62 bits per heavy atom. The normalized spacial score (nSPS) is 24.1. The number of nitrogens with one attached hydrogen (secondary N) is 1. The molecule has 178 valence electrons. The van der Waals surface area contributed by atoms with Crippen LogP contribution in [0.1, 0.15) is 28.8 Å². The number of halogens is 3. The van der Waals surface area contributed by atoms with Crippen molar-refractivity contribution >= 4 is 74.2 Å². The molecule has 2 aromatic carbocycles. The highest BCUT2D eigenvalue weighted by molar-refractivity contribution is 9.10. The summed E-state index contributed by atoms with van der Waals surface area (Å²) in [6.45, 7) is 1.39. The summed E-state index contributed by atoms with van der Waals surface area (Å²) in [6.07, 6.45) is 0.710. The number of imide groups is 1. The van der Waals surface area contributed by atoms with E-state index in [4.69, 9.17) is 27.9 Å². The van der Waals surface area contributed by atoms with Crippen LogP contribution in [0.4, 0.5) is 11.4 Å². The van der Waals surface area contributed by atoms with Crippen molar-refractivity contribution in [2.24, 2.45) is 11.8 Å². The molecule has 1 heterocycles. The van der Waals surface area contributed by atoms with E-state index in [0.717, 1.165) is 14.9 Å². The zero-order chi connectivity index (χ0) is 24.6. The number of hydrogen-bond acceptors (Lipinski definition) is 5. The number of carbonyl (C=O) groups is 4. The number of fused-ring (bicyclic) bond motifs is 1. The summed E-state index contributed by atoms with van der Waals surface area (Å²) in [5, 5.41) is 1.97. The molecule has 0 aromatic heterocycles. The maximum absolute atomic E-state index is 12.9. The Labute approximate surface area is 214 Å². The number of alkyl halides is 2. The van der Waals surface area contributed by atoms with Crippen molar-refractivity contribution in [3.63, 3.8) is 0 Å². The Hall–Kier alpha value is -2.42. The van der Waals surface area contributed by atoms with E-state index < -0.39 is 30.3 Å². The molecular weight excluding hydrogens is 547 g/mol. The van der Waals surface area contributed by atoms with Gasteiger partial charge in [0.15, 0.2) is 6.61 Å². The molecule has 3 amide bonds. The largest absolute Gasteiger partial charge is 0.452 e. The predicted molar refractivity (Wildman–Crippen MR) is 132 cm³/mol. The van der Waals surface area contributed by atoms with Crippen LogP contribution in [0, 0.1) is 18.8 Å². The van der Waals surface area contributed by atoms with E-state index in [9.17, 15) is 19.2 Å². The number of nitrogens with zero attached hydrogens (tertiary/aromatic N) is 1. The second-order valence-corrected chi connectivity index (χ2v) is 10.4. The van der Waals surface area contributed by atoms with Crippen LogP contribution in [0.5, 0.6) is 0 Å². The number of benzene rings is 2. The van der Waals surface area contributed by atoms with E-state index in [1.54, 1.807) is 12.1 Å². The molecule has 2 aromatic rings. The molecule has 1 aliphatic heterocycles. The van der Waals surface area contributed by atoms with Crippen molar-refractivity contribution in [2.75, 3.05) is 16.8 Å². The molecule has 34 heavy (non-hydrogen) atoms. The fourth-order valence-corrected chi connectivity index (χ4v) is 5.33. The van der Waals surface area contributed by atoms with Gasteiger partial charge in [0.25, 0.3) is 5.91 Å². The van der Waals surface area contributed by atoms with Gasteiger partial charge < -0.3 is 10.1 Å². The molecule has 4 atom stereocenters. The van der Waals surface area contributed by atoms with Gasteiger partial charge in [0.2, 0.25) is 11.8 Å². The minimum absolute atomic E-state index is 0.189. The number of carbonyl (C=O) groups excluding carboxylic acids is 4. The third-order valence-corrected chi connectivity index (χ3v) is 7.66. The fourth-order valence-electron chi connectivity index (χ4n) is 4.26. The lowest BCUT2D eigenvalue weighted by atomic mass is 9.80. The Morgan fingerprint density at radius 3 is 2.18 bits per heavy atom. The molecule has 2 fully saturated rings. The van der Waals surface area contributed by atoms with Gasteiger partial charge in [-0.25, -0.2) is 4.79 Å². The Bertz CT molecular complexity index is 1130. The molecule has 0 radical (unpaired) electrons. The molecule has 0 bridgehead atoms. The van der Waals surface area contributed by atoms with Crippen molar-refractivity contribution in [2.45, 2.75) is 30.5 Å². The summed E-state index contributed by atoms with van der Waals surface area (Å²) < 4.78 is 5.99. The van der Waals surface area contributed by atoms with Gasteiger partial charge in [-0.05, 0) is 67.8 Å². The van der Waals surface area contributed by atoms with Crippen molar-refractivity contribution in [3.8, 4) is 0 Å². The Balaban J connectivity index is 1.37. The van der Waals surface area contributed by atoms with E-state index in [1.165, 1.54) is 24.3 Å². The number of aryl methyl sites for hydroxylation is 1. The van der Waals surface area contributed by atoms with Gasteiger partial charge in [0.05, 0.1) is 33.8 Å². The molecule has 10 heteroatoms. The van der Waals surface area contributed by atoms with Gasteiger partial charge in [-0.2, -0.15) is 0 Å². The van der Waals surface area contributed by atoms with Crippen LogP contribution in [0.25, 0.3) is 0 Å². The third kappa shape index (κ3) is 4.99. The van der Waals surface area contributed by atoms with Crippen LogP contribution >= 0.6 is 39.1 Å². The number of amides is 3. The summed E-state index contributed by atoms with van der Waals surface area (Å²) in [5.41, 5.74) is 2.03. The van der Waals surface area contributed by atoms with E-state index in [2.05, 4.69) is 21.2 Å². The van der Waals surface area contributed by atoms with Crippen LogP contribution in [-0.2, 0) is 19.1 Å². The molecule has 4 rings (SSSR count). The van der Waals surface area contributed by atoms with E-state index >= 15 is 0 Å². The Kier molecular flexibility index (Phi) is 7.31. The summed E-state index contributed by atoms with van der Waals surface area (Å²) in [6, 6.07) is 11.3. The van der Waals surface area contributed by atoms with Crippen molar-refractivity contribution in [1.82, 2.24) is 0 Å². The van der Waals surface area contributed by atoms with Gasteiger partial charge in [-0.15, -0.1) is 23.2 Å². The van der Waals surface area contributed by atoms with E-state index in [-0.39, 0.29) is 28.1 Å². The van der Waals surface area contributed by atoms with Gasteiger partial charge >= 0.3 is 5.97 Å². The first-order chi connectivity index (χ1) is 16.2. The molecule has 1 aliphatic carbocycles. The van der Waals surface area contributed by atoms with Gasteiger partial charge in [-0.3, -0.25) is 19.3 Å². The number of ether oxygens (including phenoxy) is 1. The first-order valence-electron chi connectivity index (χ1n) is 10.6. The Morgan fingerprint density at radius 1 is 1.03 bits per heavy atom. The summed E-state index contributed by atoms with van der Waals surface area (Å²) >= 11 is 15.8. The standard InChI is InChI=1S/C24H21BrCl2N2O5/c1-12-8-14(25)4-7-20(12)28-21(30)11-34-24(33)13-2-5-15(6-3-13)29-22(31)16-9-18(26)19(27)10-17(16)23(29)32/h2-8,16-19H,9-11H2,1H3,(H,28,30)/t16-,17+,18+,19-. The second-order valence-electron chi connectivity index (χ2n) is 8.36.